The van der Waals surface area contributed by atoms with Crippen LogP contribution in [0.3, 0.4) is 0 Å². The van der Waals surface area contributed by atoms with Gasteiger partial charge in [0.15, 0.2) is 0 Å². The van der Waals surface area contributed by atoms with Gasteiger partial charge in [-0.05, 0) is 6.42 Å². The molecule has 1 N–H and O–H groups in total. The van der Waals surface area contributed by atoms with E-state index >= 15 is 0 Å². The zero-order valence-corrected chi connectivity index (χ0v) is 11.8. The lowest BCUT2D eigenvalue weighted by molar-refractivity contribution is 0.892. The minimum absolute atomic E-state index is 0.545. The molecule has 18 heavy (non-hydrogen) atoms. The van der Waals surface area contributed by atoms with E-state index in [4.69, 9.17) is 11.6 Å². The van der Waals surface area contributed by atoms with Crippen LogP contribution in [-0.4, -0.2) is 21.5 Å². The smallest absolute Gasteiger partial charge is 0.137 e. The minimum atomic E-state index is 0.545. The van der Waals surface area contributed by atoms with Crippen molar-refractivity contribution in [3.8, 4) is 0 Å². The summed E-state index contributed by atoms with van der Waals surface area (Å²) in [4.78, 5) is 12.5. The van der Waals surface area contributed by atoms with Crippen LogP contribution in [0.5, 0.6) is 0 Å². The Bertz CT molecular complexity index is 487. The Balaban J connectivity index is 1.98. The van der Waals surface area contributed by atoms with Crippen molar-refractivity contribution in [3.63, 3.8) is 0 Å². The highest BCUT2D eigenvalue weighted by atomic mass is 35.5. The zero-order valence-electron chi connectivity index (χ0n) is 10.2. The topological polar surface area (TPSA) is 50.7 Å². The van der Waals surface area contributed by atoms with Crippen molar-refractivity contribution in [1.82, 2.24) is 15.0 Å². The number of rotatable bonds is 6. The van der Waals surface area contributed by atoms with Gasteiger partial charge in [-0.3, -0.25) is 0 Å². The van der Waals surface area contributed by atoms with Crippen molar-refractivity contribution in [1.29, 1.82) is 0 Å². The summed E-state index contributed by atoms with van der Waals surface area (Å²) in [5.74, 6) is 0.841. The molecule has 2 aromatic rings. The number of nitrogens with one attached hydrogen (secondary N) is 1. The van der Waals surface area contributed by atoms with Gasteiger partial charge in [-0.2, -0.15) is 0 Å². The third-order valence-electron chi connectivity index (χ3n) is 2.51. The Morgan fingerprint density at radius 3 is 2.89 bits per heavy atom. The fourth-order valence-corrected chi connectivity index (χ4v) is 2.53. The van der Waals surface area contributed by atoms with Gasteiger partial charge in [0.2, 0.25) is 0 Å². The first-order valence-electron chi connectivity index (χ1n) is 5.93. The van der Waals surface area contributed by atoms with E-state index in [1.54, 1.807) is 11.3 Å². The molecule has 0 spiro atoms. The largest absolute Gasteiger partial charge is 0.369 e. The molecule has 96 valence electrons. The first-order chi connectivity index (χ1) is 8.81. The predicted octanol–water partition coefficient (Wildman–Crippen LogP) is 3.19. The molecular formula is C12H15ClN4S. The SMILES string of the molecule is CCCc1c(Cl)ncnc1NCCc1nccs1. The van der Waals surface area contributed by atoms with Crippen molar-refractivity contribution in [2.24, 2.45) is 0 Å². The van der Waals surface area contributed by atoms with E-state index in [9.17, 15) is 0 Å². The predicted molar refractivity (Wildman–Crippen MR) is 75.3 cm³/mol. The first kappa shape index (κ1) is 13.2. The number of hydrogen-bond acceptors (Lipinski definition) is 5. The third-order valence-corrected chi connectivity index (χ3v) is 3.67. The van der Waals surface area contributed by atoms with E-state index in [2.05, 4.69) is 27.2 Å². The van der Waals surface area contributed by atoms with Gasteiger partial charge in [0.05, 0.1) is 5.01 Å². The van der Waals surface area contributed by atoms with Crippen LogP contribution in [0, 0.1) is 0 Å². The van der Waals surface area contributed by atoms with E-state index in [-0.39, 0.29) is 0 Å². The molecule has 0 fully saturated rings. The fourth-order valence-electron chi connectivity index (χ4n) is 1.68. The van der Waals surface area contributed by atoms with Gasteiger partial charge >= 0.3 is 0 Å². The molecule has 0 bridgehead atoms. The van der Waals surface area contributed by atoms with Crippen LogP contribution in [0.2, 0.25) is 5.15 Å². The van der Waals surface area contributed by atoms with Crippen LogP contribution < -0.4 is 5.32 Å². The molecule has 0 aliphatic carbocycles. The Labute approximate surface area is 115 Å². The molecule has 4 nitrogen and oxygen atoms in total. The summed E-state index contributed by atoms with van der Waals surface area (Å²) in [6.45, 7) is 2.92. The summed E-state index contributed by atoms with van der Waals surface area (Å²) in [6.07, 6.45) is 6.12. The minimum Gasteiger partial charge on any atom is -0.369 e. The normalized spacial score (nSPS) is 10.6. The molecule has 0 unspecified atom stereocenters. The molecule has 6 heteroatoms. The zero-order chi connectivity index (χ0) is 12.8. The van der Waals surface area contributed by atoms with Crippen LogP contribution >= 0.6 is 22.9 Å². The van der Waals surface area contributed by atoms with E-state index in [1.807, 2.05) is 11.6 Å². The lowest BCUT2D eigenvalue weighted by atomic mass is 10.2. The second-order valence-electron chi connectivity index (χ2n) is 3.84. The van der Waals surface area contributed by atoms with E-state index in [0.717, 1.165) is 42.2 Å². The van der Waals surface area contributed by atoms with Gasteiger partial charge in [-0.25, -0.2) is 15.0 Å². The van der Waals surface area contributed by atoms with Gasteiger partial charge in [0.25, 0.3) is 0 Å². The highest BCUT2D eigenvalue weighted by molar-refractivity contribution is 7.09. The maximum absolute atomic E-state index is 6.09. The molecule has 0 saturated carbocycles. The fraction of sp³-hybridized carbons (Fsp3) is 0.417. The Hall–Kier alpha value is -1.20. The second kappa shape index (κ2) is 6.66. The Kier molecular flexibility index (Phi) is 4.90. The van der Waals surface area contributed by atoms with E-state index < -0.39 is 0 Å². The summed E-state index contributed by atoms with van der Waals surface area (Å²) in [5, 5.41) is 6.96. The number of halogens is 1. The quantitative estimate of drug-likeness (QED) is 0.827. The number of anilines is 1. The molecule has 2 aromatic heterocycles. The lowest BCUT2D eigenvalue weighted by Crippen LogP contribution is -2.09. The Morgan fingerprint density at radius 1 is 1.28 bits per heavy atom. The highest BCUT2D eigenvalue weighted by Gasteiger charge is 2.08. The molecule has 0 aliphatic rings. The van der Waals surface area contributed by atoms with Crippen LogP contribution in [0.15, 0.2) is 17.9 Å². The van der Waals surface area contributed by atoms with E-state index in [0.29, 0.717) is 5.15 Å². The van der Waals surface area contributed by atoms with Crippen molar-refractivity contribution in [2.45, 2.75) is 26.2 Å². The molecule has 2 rings (SSSR count). The molecule has 0 amide bonds. The molecule has 2 heterocycles. The van der Waals surface area contributed by atoms with Crippen LogP contribution in [0.1, 0.15) is 23.9 Å². The molecule has 0 aliphatic heterocycles. The van der Waals surface area contributed by atoms with Crippen LogP contribution in [0.25, 0.3) is 0 Å². The maximum atomic E-state index is 6.09. The molecule has 0 saturated heterocycles. The number of nitrogens with zero attached hydrogens (tertiary/aromatic N) is 3. The second-order valence-corrected chi connectivity index (χ2v) is 5.18. The summed E-state index contributed by atoms with van der Waals surface area (Å²) < 4.78 is 0. The van der Waals surface area contributed by atoms with Gasteiger partial charge in [-0.1, -0.05) is 24.9 Å². The van der Waals surface area contributed by atoms with Crippen molar-refractivity contribution in [3.05, 3.63) is 33.6 Å². The first-order valence-corrected chi connectivity index (χ1v) is 7.18. The summed E-state index contributed by atoms with van der Waals surface area (Å²) >= 11 is 7.75. The molecule has 0 radical (unpaired) electrons. The van der Waals surface area contributed by atoms with Crippen molar-refractivity contribution in [2.75, 3.05) is 11.9 Å². The Morgan fingerprint density at radius 2 is 2.17 bits per heavy atom. The van der Waals surface area contributed by atoms with Crippen molar-refractivity contribution >= 4 is 28.8 Å². The van der Waals surface area contributed by atoms with Crippen LogP contribution in [0.4, 0.5) is 5.82 Å². The van der Waals surface area contributed by atoms with Crippen molar-refractivity contribution < 1.29 is 0 Å². The van der Waals surface area contributed by atoms with Gasteiger partial charge in [0.1, 0.15) is 17.3 Å². The molecule has 0 aromatic carbocycles. The summed E-state index contributed by atoms with van der Waals surface area (Å²) in [7, 11) is 0. The molecular weight excluding hydrogens is 268 g/mol. The number of thiazole rings is 1. The lowest BCUT2D eigenvalue weighted by Gasteiger charge is -2.10. The van der Waals surface area contributed by atoms with Gasteiger partial charge < -0.3 is 5.32 Å². The number of aromatic nitrogens is 3. The highest BCUT2D eigenvalue weighted by Crippen LogP contribution is 2.21. The average Bonchev–Trinajstić information content (AvgIpc) is 2.86. The summed E-state index contributed by atoms with van der Waals surface area (Å²) in [6, 6.07) is 0. The van der Waals surface area contributed by atoms with Gasteiger partial charge in [-0.15, -0.1) is 11.3 Å². The summed E-state index contributed by atoms with van der Waals surface area (Å²) in [5.41, 5.74) is 1.00. The molecule has 0 atom stereocenters. The van der Waals surface area contributed by atoms with Crippen LogP contribution in [-0.2, 0) is 12.8 Å². The number of hydrogen-bond donors (Lipinski definition) is 1. The average molecular weight is 283 g/mol. The van der Waals surface area contributed by atoms with Gasteiger partial charge in [0, 0.05) is 30.1 Å². The maximum Gasteiger partial charge on any atom is 0.137 e. The van der Waals surface area contributed by atoms with E-state index in [1.165, 1.54) is 6.33 Å². The monoisotopic (exact) mass is 282 g/mol. The standard InChI is InChI=1S/C12H15ClN4S/c1-2-3-9-11(13)16-8-17-12(9)15-5-4-10-14-6-7-18-10/h6-8H,2-5H2,1H3,(H,15,16,17). The third kappa shape index (κ3) is 3.40.